The van der Waals surface area contributed by atoms with E-state index >= 15 is 0 Å². The van der Waals surface area contributed by atoms with Crippen LogP contribution in [-0.4, -0.2) is 58.6 Å². The maximum Gasteiger partial charge on any atom is 0.229 e. The lowest BCUT2D eigenvalue weighted by Crippen LogP contribution is -2.50. The smallest absolute Gasteiger partial charge is 0.229 e. The van der Waals surface area contributed by atoms with Crippen LogP contribution >= 0.6 is 0 Å². The van der Waals surface area contributed by atoms with Gasteiger partial charge in [0, 0.05) is 25.6 Å². The van der Waals surface area contributed by atoms with Gasteiger partial charge in [-0.3, -0.25) is 4.90 Å². The van der Waals surface area contributed by atoms with Crippen molar-refractivity contribution < 1.29 is 14.4 Å². The van der Waals surface area contributed by atoms with E-state index in [1.165, 1.54) is 19.3 Å². The average molecular weight is 335 g/mol. The van der Waals surface area contributed by atoms with E-state index in [9.17, 15) is 5.11 Å². The van der Waals surface area contributed by atoms with Crippen LogP contribution in [0.15, 0.2) is 4.52 Å². The van der Waals surface area contributed by atoms with Gasteiger partial charge in [0.15, 0.2) is 5.82 Å². The highest BCUT2D eigenvalue weighted by Gasteiger charge is 2.36. The number of β-amino-alcohol motifs (C(OH)–C–C–N with tert-alkyl or cyclic N) is 1. The highest BCUT2D eigenvalue weighted by Crippen LogP contribution is 2.38. The first-order chi connectivity index (χ1) is 11.7. The summed E-state index contributed by atoms with van der Waals surface area (Å²) in [7, 11) is 0. The fraction of sp³-hybridized carbons (Fsp3) is 0.889. The van der Waals surface area contributed by atoms with Gasteiger partial charge < -0.3 is 14.4 Å². The summed E-state index contributed by atoms with van der Waals surface area (Å²) in [5, 5.41) is 15.0. The molecule has 1 unspecified atom stereocenters. The molecule has 24 heavy (non-hydrogen) atoms. The molecule has 2 heterocycles. The Hall–Kier alpha value is -0.980. The van der Waals surface area contributed by atoms with Crippen molar-refractivity contribution in [3.8, 4) is 0 Å². The Morgan fingerprint density at radius 3 is 2.88 bits per heavy atom. The van der Waals surface area contributed by atoms with E-state index in [2.05, 4.69) is 15.0 Å². The van der Waals surface area contributed by atoms with E-state index < -0.39 is 5.60 Å². The zero-order valence-electron chi connectivity index (χ0n) is 14.5. The lowest BCUT2D eigenvalue weighted by Gasteiger charge is -2.38. The molecule has 6 nitrogen and oxygen atoms in total. The molecule has 1 N–H and O–H groups in total. The van der Waals surface area contributed by atoms with Crippen molar-refractivity contribution in [3.63, 3.8) is 0 Å². The van der Waals surface area contributed by atoms with Crippen molar-refractivity contribution in [2.75, 3.05) is 32.8 Å². The molecule has 1 aromatic rings. The summed E-state index contributed by atoms with van der Waals surface area (Å²) < 4.78 is 11.1. The van der Waals surface area contributed by atoms with Gasteiger partial charge >= 0.3 is 0 Å². The molecular weight excluding hydrogens is 306 g/mol. The van der Waals surface area contributed by atoms with Crippen LogP contribution in [0.25, 0.3) is 0 Å². The SMILES string of the molecule is OC1(Cc2nc(C3CC3)no2)CCCN(CCOCC2CCC2)C1. The zero-order valence-corrected chi connectivity index (χ0v) is 14.5. The van der Waals surface area contributed by atoms with Gasteiger partial charge in [-0.1, -0.05) is 11.6 Å². The molecule has 0 amide bonds. The van der Waals surface area contributed by atoms with Crippen LogP contribution in [0.2, 0.25) is 0 Å². The zero-order chi connectivity index (χ0) is 16.4. The molecule has 1 atom stereocenters. The van der Waals surface area contributed by atoms with E-state index in [-0.39, 0.29) is 0 Å². The molecule has 3 aliphatic rings. The third kappa shape index (κ3) is 4.16. The number of aliphatic hydroxyl groups is 1. The molecule has 0 spiro atoms. The molecule has 2 aliphatic carbocycles. The third-order valence-electron chi connectivity index (χ3n) is 5.67. The highest BCUT2D eigenvalue weighted by atomic mass is 16.5. The van der Waals surface area contributed by atoms with Gasteiger partial charge in [0.1, 0.15) is 0 Å². The number of hydrogen-bond acceptors (Lipinski definition) is 6. The molecule has 2 saturated carbocycles. The topological polar surface area (TPSA) is 71.6 Å². The molecule has 1 saturated heterocycles. The molecule has 0 bridgehead atoms. The molecule has 1 aliphatic heterocycles. The number of rotatable bonds is 8. The summed E-state index contributed by atoms with van der Waals surface area (Å²) in [5.74, 6) is 2.70. The van der Waals surface area contributed by atoms with Crippen molar-refractivity contribution >= 4 is 0 Å². The number of likely N-dealkylation sites (tertiary alicyclic amines) is 1. The van der Waals surface area contributed by atoms with Gasteiger partial charge in [0.05, 0.1) is 18.6 Å². The van der Waals surface area contributed by atoms with Gasteiger partial charge in [0.2, 0.25) is 5.89 Å². The fourth-order valence-corrected chi connectivity index (χ4v) is 3.77. The second kappa shape index (κ2) is 7.10. The van der Waals surface area contributed by atoms with Gasteiger partial charge in [-0.2, -0.15) is 4.98 Å². The van der Waals surface area contributed by atoms with Gasteiger partial charge in [0.25, 0.3) is 0 Å². The van der Waals surface area contributed by atoms with Gasteiger partial charge in [-0.05, 0) is 51.0 Å². The summed E-state index contributed by atoms with van der Waals surface area (Å²) >= 11 is 0. The standard InChI is InChI=1S/C18H29N3O3/c22-18(11-16-19-17(20-24-16)15-5-6-15)7-2-8-21(13-18)9-10-23-12-14-3-1-4-14/h14-15,22H,1-13H2. The highest BCUT2D eigenvalue weighted by molar-refractivity contribution is 5.05. The predicted octanol–water partition coefficient (Wildman–Crippen LogP) is 2.13. The number of ether oxygens (including phenoxy) is 1. The molecule has 0 radical (unpaired) electrons. The quantitative estimate of drug-likeness (QED) is 0.734. The number of hydrogen-bond donors (Lipinski definition) is 1. The van der Waals surface area contributed by atoms with Gasteiger partial charge in [-0.15, -0.1) is 0 Å². The second-order valence-corrected chi connectivity index (χ2v) is 7.97. The largest absolute Gasteiger partial charge is 0.388 e. The van der Waals surface area contributed by atoms with E-state index in [0.717, 1.165) is 63.7 Å². The van der Waals surface area contributed by atoms with Crippen molar-refractivity contribution in [1.82, 2.24) is 15.0 Å². The molecule has 3 fully saturated rings. The minimum atomic E-state index is -0.750. The maximum atomic E-state index is 10.9. The first-order valence-corrected chi connectivity index (χ1v) is 9.55. The third-order valence-corrected chi connectivity index (χ3v) is 5.67. The lowest BCUT2D eigenvalue weighted by molar-refractivity contribution is -0.0433. The second-order valence-electron chi connectivity index (χ2n) is 7.97. The predicted molar refractivity (Wildman–Crippen MR) is 88.8 cm³/mol. The average Bonchev–Trinajstić information content (AvgIpc) is 3.26. The van der Waals surface area contributed by atoms with Crippen LogP contribution in [0.5, 0.6) is 0 Å². The molecule has 0 aromatic carbocycles. The van der Waals surface area contributed by atoms with Crippen LogP contribution in [0.4, 0.5) is 0 Å². The Bertz CT molecular complexity index is 541. The summed E-state index contributed by atoms with van der Waals surface area (Å²) in [6.45, 7) is 4.27. The number of aromatic nitrogens is 2. The molecule has 134 valence electrons. The normalized spacial score (nSPS) is 28.9. The van der Waals surface area contributed by atoms with Crippen molar-refractivity contribution in [3.05, 3.63) is 11.7 Å². The first kappa shape index (κ1) is 16.5. The monoisotopic (exact) mass is 335 g/mol. The van der Waals surface area contributed by atoms with E-state index in [4.69, 9.17) is 9.26 Å². The fourth-order valence-electron chi connectivity index (χ4n) is 3.77. The van der Waals surface area contributed by atoms with Crippen LogP contribution in [0, 0.1) is 5.92 Å². The summed E-state index contributed by atoms with van der Waals surface area (Å²) in [4.78, 5) is 6.77. The Balaban J connectivity index is 1.23. The number of nitrogens with zero attached hydrogens (tertiary/aromatic N) is 3. The minimum Gasteiger partial charge on any atom is -0.388 e. The van der Waals surface area contributed by atoms with Crippen LogP contribution in [0.1, 0.15) is 62.6 Å². The van der Waals surface area contributed by atoms with Crippen molar-refractivity contribution in [1.29, 1.82) is 0 Å². The minimum absolute atomic E-state index is 0.464. The van der Waals surface area contributed by atoms with E-state index in [0.29, 0.717) is 24.8 Å². The van der Waals surface area contributed by atoms with E-state index in [1.54, 1.807) is 0 Å². The van der Waals surface area contributed by atoms with E-state index in [1.807, 2.05) is 0 Å². The Morgan fingerprint density at radius 1 is 1.25 bits per heavy atom. The first-order valence-electron chi connectivity index (χ1n) is 9.55. The van der Waals surface area contributed by atoms with Crippen molar-refractivity contribution in [2.45, 2.75) is 62.9 Å². The van der Waals surface area contributed by atoms with Gasteiger partial charge in [-0.25, -0.2) is 0 Å². The Labute approximate surface area is 143 Å². The van der Waals surface area contributed by atoms with Crippen LogP contribution in [0.3, 0.4) is 0 Å². The lowest BCUT2D eigenvalue weighted by atomic mass is 9.86. The summed E-state index contributed by atoms with van der Waals surface area (Å²) in [5.41, 5.74) is -0.750. The van der Waals surface area contributed by atoms with Crippen LogP contribution in [-0.2, 0) is 11.2 Å². The molecular formula is C18H29N3O3. The molecule has 4 rings (SSSR count). The van der Waals surface area contributed by atoms with Crippen LogP contribution < -0.4 is 0 Å². The summed E-state index contributed by atoms with van der Waals surface area (Å²) in [6, 6.07) is 0. The Kier molecular flexibility index (Phi) is 4.88. The molecule has 1 aromatic heterocycles. The summed E-state index contributed by atoms with van der Waals surface area (Å²) in [6.07, 6.45) is 8.62. The number of piperidine rings is 1. The molecule has 6 heteroatoms. The Morgan fingerprint density at radius 2 is 2.12 bits per heavy atom. The maximum absolute atomic E-state index is 10.9. The van der Waals surface area contributed by atoms with Crippen molar-refractivity contribution in [2.24, 2.45) is 5.92 Å².